The molecule has 1 aliphatic heterocycles. The quantitative estimate of drug-likeness (QED) is 0.898. The third-order valence-corrected chi connectivity index (χ3v) is 6.03. The van der Waals surface area contributed by atoms with E-state index >= 15 is 0 Å². The molecule has 4 rings (SSSR count). The standard InChI is InChI=1S/C16H19Cl2NO/c17-14-4-3-11(5-15(14)18)16-9-19-6-12(16)13(16)8-20-7-10-1-2-10/h3-5,10,12-13,19H,1-2,6-9H2/t12?,13-,16?/m1/s1. The first-order valence-corrected chi connectivity index (χ1v) is 8.21. The highest BCUT2D eigenvalue weighted by atomic mass is 35.5. The van der Waals surface area contributed by atoms with Crippen molar-refractivity contribution in [2.45, 2.75) is 18.3 Å². The van der Waals surface area contributed by atoms with Crippen LogP contribution in [0.25, 0.3) is 0 Å². The molecule has 0 amide bonds. The van der Waals surface area contributed by atoms with E-state index in [0.717, 1.165) is 32.2 Å². The molecule has 3 fully saturated rings. The van der Waals surface area contributed by atoms with Gasteiger partial charge in [-0.15, -0.1) is 0 Å². The number of benzene rings is 1. The van der Waals surface area contributed by atoms with Gasteiger partial charge in [-0.25, -0.2) is 0 Å². The lowest BCUT2D eigenvalue weighted by Gasteiger charge is -2.17. The highest BCUT2D eigenvalue weighted by molar-refractivity contribution is 6.42. The molecule has 20 heavy (non-hydrogen) atoms. The van der Waals surface area contributed by atoms with Crippen molar-refractivity contribution in [3.05, 3.63) is 33.8 Å². The third kappa shape index (κ3) is 2.09. The maximum Gasteiger partial charge on any atom is 0.0595 e. The minimum atomic E-state index is 0.234. The Hall–Kier alpha value is -0.280. The van der Waals surface area contributed by atoms with E-state index in [-0.39, 0.29) is 5.41 Å². The summed E-state index contributed by atoms with van der Waals surface area (Å²) in [6, 6.07) is 6.10. The summed E-state index contributed by atoms with van der Waals surface area (Å²) in [6.45, 7) is 3.97. The summed E-state index contributed by atoms with van der Waals surface area (Å²) in [5, 5.41) is 4.80. The minimum absolute atomic E-state index is 0.234. The first kappa shape index (κ1) is 13.4. The van der Waals surface area contributed by atoms with Crippen molar-refractivity contribution < 1.29 is 4.74 Å². The lowest BCUT2D eigenvalue weighted by molar-refractivity contribution is 0.106. The summed E-state index contributed by atoms with van der Waals surface area (Å²) < 4.78 is 5.93. The SMILES string of the molecule is Clc1ccc(C23CNCC2[C@H]3COCC2CC2)cc1Cl. The Labute approximate surface area is 129 Å². The molecule has 0 radical (unpaired) electrons. The first-order valence-electron chi connectivity index (χ1n) is 7.46. The second-order valence-corrected chi connectivity index (χ2v) is 7.31. The zero-order valence-corrected chi connectivity index (χ0v) is 12.9. The van der Waals surface area contributed by atoms with Gasteiger partial charge in [0.2, 0.25) is 0 Å². The largest absolute Gasteiger partial charge is 0.381 e. The molecule has 1 aromatic rings. The van der Waals surface area contributed by atoms with Gasteiger partial charge in [-0.1, -0.05) is 29.3 Å². The van der Waals surface area contributed by atoms with Gasteiger partial charge in [0.05, 0.1) is 16.7 Å². The molecule has 0 aromatic heterocycles. The molecule has 1 heterocycles. The zero-order chi connectivity index (χ0) is 13.7. The van der Waals surface area contributed by atoms with Crippen LogP contribution in [0.1, 0.15) is 18.4 Å². The fourth-order valence-corrected chi connectivity index (χ4v) is 4.15. The number of ether oxygens (including phenoxy) is 1. The van der Waals surface area contributed by atoms with E-state index in [4.69, 9.17) is 27.9 Å². The minimum Gasteiger partial charge on any atom is -0.381 e. The Morgan fingerprint density at radius 3 is 2.80 bits per heavy atom. The summed E-state index contributed by atoms with van der Waals surface area (Å²) in [5.41, 5.74) is 1.56. The fraction of sp³-hybridized carbons (Fsp3) is 0.625. The average molecular weight is 312 g/mol. The van der Waals surface area contributed by atoms with E-state index in [0.29, 0.717) is 21.9 Å². The molecular weight excluding hydrogens is 293 g/mol. The number of nitrogens with one attached hydrogen (secondary N) is 1. The average Bonchev–Trinajstić information content (AvgIpc) is 3.32. The third-order valence-electron chi connectivity index (χ3n) is 5.29. The summed E-state index contributed by atoms with van der Waals surface area (Å²) in [7, 11) is 0. The summed E-state index contributed by atoms with van der Waals surface area (Å²) in [4.78, 5) is 0. The molecule has 1 aromatic carbocycles. The van der Waals surface area contributed by atoms with Gasteiger partial charge in [-0.2, -0.15) is 0 Å². The molecule has 2 nitrogen and oxygen atoms in total. The molecule has 0 spiro atoms. The van der Waals surface area contributed by atoms with Crippen molar-refractivity contribution in [3.63, 3.8) is 0 Å². The predicted octanol–water partition coefficient (Wildman–Crippen LogP) is 3.51. The molecule has 1 N–H and O–H groups in total. The summed E-state index contributed by atoms with van der Waals surface area (Å²) >= 11 is 12.2. The Balaban J connectivity index is 1.50. The Morgan fingerprint density at radius 2 is 2.05 bits per heavy atom. The van der Waals surface area contributed by atoms with Gasteiger partial charge in [-0.3, -0.25) is 0 Å². The maximum absolute atomic E-state index is 6.19. The number of fused-ring (bicyclic) bond motifs is 1. The molecule has 2 saturated carbocycles. The topological polar surface area (TPSA) is 21.3 Å². The lowest BCUT2D eigenvalue weighted by atomic mass is 9.93. The van der Waals surface area contributed by atoms with Gasteiger partial charge in [0.25, 0.3) is 0 Å². The van der Waals surface area contributed by atoms with Crippen molar-refractivity contribution in [3.8, 4) is 0 Å². The molecular formula is C16H19Cl2NO. The molecule has 1 saturated heterocycles. The van der Waals surface area contributed by atoms with Crippen molar-refractivity contribution in [1.29, 1.82) is 0 Å². The second kappa shape index (κ2) is 4.88. The van der Waals surface area contributed by atoms with Gasteiger partial charge >= 0.3 is 0 Å². The van der Waals surface area contributed by atoms with Crippen LogP contribution in [-0.2, 0) is 10.2 Å². The van der Waals surface area contributed by atoms with Crippen LogP contribution in [-0.4, -0.2) is 26.3 Å². The van der Waals surface area contributed by atoms with Crippen LogP contribution in [0.15, 0.2) is 18.2 Å². The Kier molecular flexibility index (Phi) is 3.26. The summed E-state index contributed by atoms with van der Waals surface area (Å²) in [6.07, 6.45) is 2.71. The highest BCUT2D eigenvalue weighted by Crippen LogP contribution is 2.62. The number of hydrogen-bond donors (Lipinski definition) is 1. The van der Waals surface area contributed by atoms with E-state index in [1.165, 1.54) is 18.4 Å². The lowest BCUT2D eigenvalue weighted by Crippen LogP contribution is -2.25. The number of halogens is 2. The Morgan fingerprint density at radius 1 is 1.20 bits per heavy atom. The smallest absolute Gasteiger partial charge is 0.0595 e. The van der Waals surface area contributed by atoms with Gasteiger partial charge in [0.1, 0.15) is 0 Å². The van der Waals surface area contributed by atoms with E-state index in [9.17, 15) is 0 Å². The van der Waals surface area contributed by atoms with Crippen LogP contribution in [0.5, 0.6) is 0 Å². The second-order valence-electron chi connectivity index (χ2n) is 6.49. The van der Waals surface area contributed by atoms with Crippen LogP contribution in [0.2, 0.25) is 10.0 Å². The first-order chi connectivity index (χ1) is 9.72. The maximum atomic E-state index is 6.19. The van der Waals surface area contributed by atoms with Crippen molar-refractivity contribution >= 4 is 23.2 Å². The van der Waals surface area contributed by atoms with E-state index in [1.54, 1.807) is 0 Å². The molecule has 4 heteroatoms. The van der Waals surface area contributed by atoms with Gasteiger partial charge in [-0.05, 0) is 54.8 Å². The van der Waals surface area contributed by atoms with Crippen molar-refractivity contribution in [2.24, 2.45) is 17.8 Å². The molecule has 2 aliphatic carbocycles. The molecule has 3 aliphatic rings. The van der Waals surface area contributed by atoms with E-state index in [2.05, 4.69) is 11.4 Å². The highest BCUT2D eigenvalue weighted by Gasteiger charge is 2.67. The van der Waals surface area contributed by atoms with Crippen molar-refractivity contribution in [2.75, 3.05) is 26.3 Å². The van der Waals surface area contributed by atoms with Gasteiger partial charge in [0, 0.05) is 18.6 Å². The Bertz CT molecular complexity index is 531. The van der Waals surface area contributed by atoms with Crippen LogP contribution in [0, 0.1) is 17.8 Å². The van der Waals surface area contributed by atoms with E-state index < -0.39 is 0 Å². The zero-order valence-electron chi connectivity index (χ0n) is 11.4. The molecule has 0 bridgehead atoms. The van der Waals surface area contributed by atoms with Crippen LogP contribution < -0.4 is 5.32 Å². The number of hydrogen-bond acceptors (Lipinski definition) is 2. The molecule has 108 valence electrons. The van der Waals surface area contributed by atoms with Crippen LogP contribution in [0.4, 0.5) is 0 Å². The van der Waals surface area contributed by atoms with Gasteiger partial charge < -0.3 is 10.1 Å². The molecule has 2 unspecified atom stereocenters. The molecule has 3 atom stereocenters. The van der Waals surface area contributed by atoms with Crippen molar-refractivity contribution in [1.82, 2.24) is 5.32 Å². The van der Waals surface area contributed by atoms with Crippen LogP contribution in [0.3, 0.4) is 0 Å². The number of rotatable bonds is 5. The monoisotopic (exact) mass is 311 g/mol. The van der Waals surface area contributed by atoms with Crippen LogP contribution >= 0.6 is 23.2 Å². The van der Waals surface area contributed by atoms with E-state index in [1.807, 2.05) is 12.1 Å². The normalized spacial score (nSPS) is 35.1. The predicted molar refractivity (Wildman–Crippen MR) is 81.5 cm³/mol. The summed E-state index contributed by atoms with van der Waals surface area (Å²) in [5.74, 6) is 2.17. The number of piperidine rings is 1. The fourth-order valence-electron chi connectivity index (χ4n) is 3.85. The van der Waals surface area contributed by atoms with Gasteiger partial charge in [0.15, 0.2) is 0 Å².